The number of carbonyl (C=O) groups excluding carboxylic acids is 2. The Morgan fingerprint density at radius 1 is 1.06 bits per heavy atom. The van der Waals surface area contributed by atoms with Gasteiger partial charge in [-0.3, -0.25) is 9.69 Å². The van der Waals surface area contributed by atoms with Crippen LogP contribution in [0, 0.1) is 0 Å². The summed E-state index contributed by atoms with van der Waals surface area (Å²) in [6.07, 6.45) is 6.30. The number of aromatic nitrogens is 2. The van der Waals surface area contributed by atoms with E-state index in [-0.39, 0.29) is 30.6 Å². The van der Waals surface area contributed by atoms with Gasteiger partial charge in [-0.15, -0.1) is 0 Å². The quantitative estimate of drug-likeness (QED) is 0.602. The smallest absolute Gasteiger partial charge is 0.325 e. The van der Waals surface area contributed by atoms with E-state index in [4.69, 9.17) is 14.2 Å². The first kappa shape index (κ1) is 23.6. The van der Waals surface area contributed by atoms with Crippen LogP contribution in [0.25, 0.3) is 0 Å². The Hall–Kier alpha value is -3.56. The minimum atomic E-state index is -0.158. The summed E-state index contributed by atoms with van der Waals surface area (Å²) in [5, 5.41) is 3.07. The van der Waals surface area contributed by atoms with Gasteiger partial charge in [0.15, 0.2) is 0 Å². The third-order valence-corrected chi connectivity index (χ3v) is 6.03. The summed E-state index contributed by atoms with van der Waals surface area (Å²) in [7, 11) is 1.53. The lowest BCUT2D eigenvalue weighted by atomic mass is 9.93. The number of methoxy groups -OCH3 is 1. The van der Waals surface area contributed by atoms with E-state index in [0.29, 0.717) is 31.5 Å². The largest absolute Gasteiger partial charge is 0.494 e. The van der Waals surface area contributed by atoms with Gasteiger partial charge < -0.3 is 24.4 Å². The van der Waals surface area contributed by atoms with Crippen LogP contribution >= 0.6 is 0 Å². The average Bonchev–Trinajstić information content (AvgIpc) is 3.21. The molecule has 0 spiro atoms. The second kappa shape index (κ2) is 11.0. The van der Waals surface area contributed by atoms with Gasteiger partial charge in [0.05, 0.1) is 13.7 Å². The molecular weight excluding hydrogens is 438 g/mol. The van der Waals surface area contributed by atoms with Gasteiger partial charge in [0, 0.05) is 37.2 Å². The third-order valence-electron chi connectivity index (χ3n) is 6.03. The molecule has 10 nitrogen and oxygen atoms in total. The normalized spacial score (nSPS) is 20.2. The van der Waals surface area contributed by atoms with Crippen molar-refractivity contribution >= 4 is 17.6 Å². The van der Waals surface area contributed by atoms with Crippen LogP contribution in [-0.4, -0.2) is 72.3 Å². The van der Waals surface area contributed by atoms with Crippen molar-refractivity contribution in [3.05, 3.63) is 36.7 Å². The molecule has 182 valence electrons. The van der Waals surface area contributed by atoms with Crippen LogP contribution in [0.4, 0.5) is 10.5 Å². The Morgan fingerprint density at radius 2 is 1.76 bits per heavy atom. The molecule has 1 N–H and O–H groups in total. The van der Waals surface area contributed by atoms with Crippen LogP contribution in [-0.2, 0) is 4.79 Å². The molecule has 2 aromatic rings. The predicted molar refractivity (Wildman–Crippen MR) is 125 cm³/mol. The Labute approximate surface area is 199 Å². The molecule has 2 fully saturated rings. The number of ether oxygens (including phenoxy) is 3. The lowest BCUT2D eigenvalue weighted by molar-refractivity contribution is -0.122. The molecule has 0 atom stereocenters. The Kier molecular flexibility index (Phi) is 7.66. The highest BCUT2D eigenvalue weighted by Gasteiger charge is 2.32. The first-order chi connectivity index (χ1) is 16.6. The first-order valence-electron chi connectivity index (χ1n) is 11.7. The molecule has 1 aliphatic heterocycles. The molecule has 1 saturated heterocycles. The molecule has 34 heavy (non-hydrogen) atoms. The van der Waals surface area contributed by atoms with Crippen LogP contribution in [0.2, 0.25) is 0 Å². The average molecular weight is 470 g/mol. The number of hydrogen-bond donors (Lipinski definition) is 1. The Morgan fingerprint density at radius 3 is 2.44 bits per heavy atom. The lowest BCUT2D eigenvalue weighted by Gasteiger charge is -2.29. The topological polar surface area (TPSA) is 106 Å². The second-order valence-corrected chi connectivity index (χ2v) is 8.31. The minimum absolute atomic E-state index is 0.00147. The number of nitrogens with zero attached hydrogens (tertiary/aromatic N) is 4. The number of amides is 3. The van der Waals surface area contributed by atoms with Gasteiger partial charge in [-0.05, 0) is 56.9 Å². The molecule has 2 heterocycles. The fourth-order valence-electron chi connectivity index (χ4n) is 4.32. The van der Waals surface area contributed by atoms with Gasteiger partial charge in [0.1, 0.15) is 18.4 Å². The number of carbonyl (C=O) groups is 2. The maximum atomic E-state index is 12.8. The SMILES string of the molecule is CCOc1ccc(N2CCN(CC(=O)NC3CCC(Oc4nccnc4OC)CC3)C2=O)cc1. The third kappa shape index (κ3) is 5.67. The van der Waals surface area contributed by atoms with E-state index in [0.717, 1.165) is 37.1 Å². The van der Waals surface area contributed by atoms with Gasteiger partial charge in [-0.2, -0.15) is 0 Å². The molecule has 1 aliphatic carbocycles. The number of urea groups is 1. The van der Waals surface area contributed by atoms with Crippen molar-refractivity contribution in [1.29, 1.82) is 0 Å². The number of nitrogens with one attached hydrogen (secondary N) is 1. The van der Waals surface area contributed by atoms with Crippen molar-refractivity contribution in [3.8, 4) is 17.5 Å². The van der Waals surface area contributed by atoms with E-state index in [1.54, 1.807) is 22.2 Å². The van der Waals surface area contributed by atoms with Crippen LogP contribution in [0.3, 0.4) is 0 Å². The molecule has 1 saturated carbocycles. The molecule has 1 aromatic carbocycles. The summed E-state index contributed by atoms with van der Waals surface area (Å²) in [6, 6.07) is 7.34. The van der Waals surface area contributed by atoms with Gasteiger partial charge in [-0.1, -0.05) is 0 Å². The van der Waals surface area contributed by atoms with Gasteiger partial charge in [0.2, 0.25) is 5.91 Å². The fourth-order valence-corrected chi connectivity index (χ4v) is 4.32. The van der Waals surface area contributed by atoms with Crippen molar-refractivity contribution in [2.45, 2.75) is 44.8 Å². The highest BCUT2D eigenvalue weighted by molar-refractivity contribution is 5.96. The Balaban J connectivity index is 1.22. The summed E-state index contributed by atoms with van der Waals surface area (Å²) < 4.78 is 16.6. The monoisotopic (exact) mass is 469 g/mol. The van der Waals surface area contributed by atoms with E-state index in [1.807, 2.05) is 31.2 Å². The number of hydrogen-bond acceptors (Lipinski definition) is 7. The number of rotatable bonds is 9. The maximum absolute atomic E-state index is 12.8. The van der Waals surface area contributed by atoms with E-state index in [2.05, 4.69) is 15.3 Å². The van der Waals surface area contributed by atoms with E-state index in [1.165, 1.54) is 7.11 Å². The summed E-state index contributed by atoms with van der Waals surface area (Å²) >= 11 is 0. The van der Waals surface area contributed by atoms with E-state index in [9.17, 15) is 9.59 Å². The summed E-state index contributed by atoms with van der Waals surface area (Å²) in [6.45, 7) is 3.64. The van der Waals surface area contributed by atoms with E-state index >= 15 is 0 Å². The van der Waals surface area contributed by atoms with Crippen molar-refractivity contribution in [1.82, 2.24) is 20.2 Å². The highest BCUT2D eigenvalue weighted by atomic mass is 16.5. The van der Waals surface area contributed by atoms with Crippen molar-refractivity contribution < 1.29 is 23.8 Å². The van der Waals surface area contributed by atoms with Gasteiger partial charge in [-0.25, -0.2) is 14.8 Å². The summed E-state index contributed by atoms with van der Waals surface area (Å²) in [5.74, 6) is 1.39. The van der Waals surface area contributed by atoms with Gasteiger partial charge >= 0.3 is 6.03 Å². The Bertz CT molecular complexity index is 978. The van der Waals surface area contributed by atoms with Crippen LogP contribution in [0.1, 0.15) is 32.6 Å². The fraction of sp³-hybridized carbons (Fsp3) is 0.500. The van der Waals surface area contributed by atoms with Crippen LogP contribution in [0.5, 0.6) is 17.5 Å². The second-order valence-electron chi connectivity index (χ2n) is 8.31. The standard InChI is InChI=1S/C24H31N5O5/c1-3-33-19-10-6-18(7-11-19)29-15-14-28(24(29)31)16-21(30)27-17-4-8-20(9-5-17)34-23-22(32-2)25-12-13-26-23/h6-7,10-13,17,20H,3-5,8-9,14-16H2,1-2H3,(H,27,30). The molecular formula is C24H31N5O5. The summed E-state index contributed by atoms with van der Waals surface area (Å²) in [4.78, 5) is 37.0. The minimum Gasteiger partial charge on any atom is -0.494 e. The summed E-state index contributed by atoms with van der Waals surface area (Å²) in [5.41, 5.74) is 0.800. The zero-order valence-electron chi connectivity index (χ0n) is 19.6. The predicted octanol–water partition coefficient (Wildman–Crippen LogP) is 2.63. The first-order valence-corrected chi connectivity index (χ1v) is 11.7. The van der Waals surface area contributed by atoms with Crippen LogP contribution < -0.4 is 24.4 Å². The molecule has 0 unspecified atom stereocenters. The highest BCUT2D eigenvalue weighted by Crippen LogP contribution is 2.27. The number of benzene rings is 1. The van der Waals surface area contributed by atoms with Crippen molar-refractivity contribution in [2.75, 3.05) is 38.3 Å². The molecule has 0 radical (unpaired) electrons. The molecule has 3 amide bonds. The zero-order valence-corrected chi connectivity index (χ0v) is 19.6. The molecule has 1 aromatic heterocycles. The van der Waals surface area contributed by atoms with Crippen LogP contribution in [0.15, 0.2) is 36.7 Å². The van der Waals surface area contributed by atoms with Crippen molar-refractivity contribution in [2.24, 2.45) is 0 Å². The van der Waals surface area contributed by atoms with E-state index < -0.39 is 0 Å². The molecule has 2 aliphatic rings. The molecule has 10 heteroatoms. The zero-order chi connectivity index (χ0) is 23.9. The van der Waals surface area contributed by atoms with Gasteiger partial charge in [0.25, 0.3) is 11.8 Å². The molecule has 0 bridgehead atoms. The number of anilines is 1. The lowest BCUT2D eigenvalue weighted by Crippen LogP contribution is -2.45. The maximum Gasteiger partial charge on any atom is 0.325 e. The molecule has 4 rings (SSSR count). The van der Waals surface area contributed by atoms with Crippen molar-refractivity contribution in [3.63, 3.8) is 0 Å².